The SMILES string of the molecule is NCC(=O)NCC(=O)NCCCn1ccc2ccccc21. The fourth-order valence-corrected chi connectivity index (χ4v) is 2.13. The van der Waals surface area contributed by atoms with Crippen molar-refractivity contribution in [3.63, 3.8) is 0 Å². The van der Waals surface area contributed by atoms with E-state index < -0.39 is 0 Å². The molecule has 0 fully saturated rings. The minimum Gasteiger partial charge on any atom is -0.355 e. The Kier molecular flexibility index (Phi) is 5.34. The molecular weight excluding hydrogens is 268 g/mol. The molecule has 0 aliphatic carbocycles. The summed E-state index contributed by atoms with van der Waals surface area (Å²) in [6.07, 6.45) is 2.88. The highest BCUT2D eigenvalue weighted by molar-refractivity contribution is 5.85. The van der Waals surface area contributed by atoms with Crippen LogP contribution in [0.15, 0.2) is 36.5 Å². The highest BCUT2D eigenvalue weighted by Crippen LogP contribution is 2.14. The number of rotatable bonds is 7. The fourth-order valence-electron chi connectivity index (χ4n) is 2.13. The first kappa shape index (κ1) is 15.1. The van der Waals surface area contributed by atoms with Crippen LogP contribution in [0.1, 0.15) is 6.42 Å². The van der Waals surface area contributed by atoms with Crippen molar-refractivity contribution in [3.8, 4) is 0 Å². The molecule has 0 saturated heterocycles. The molecule has 0 saturated carbocycles. The third-order valence-electron chi connectivity index (χ3n) is 3.21. The Hall–Kier alpha value is -2.34. The molecule has 2 aromatic rings. The molecule has 21 heavy (non-hydrogen) atoms. The van der Waals surface area contributed by atoms with Gasteiger partial charge in [-0.3, -0.25) is 9.59 Å². The van der Waals surface area contributed by atoms with Gasteiger partial charge in [-0.2, -0.15) is 0 Å². The fraction of sp³-hybridized carbons (Fsp3) is 0.333. The number of hydrogen-bond acceptors (Lipinski definition) is 3. The summed E-state index contributed by atoms with van der Waals surface area (Å²) < 4.78 is 2.16. The Morgan fingerprint density at radius 2 is 1.90 bits per heavy atom. The summed E-state index contributed by atoms with van der Waals surface area (Å²) >= 11 is 0. The van der Waals surface area contributed by atoms with Crippen molar-refractivity contribution in [3.05, 3.63) is 36.5 Å². The van der Waals surface area contributed by atoms with Crippen LogP contribution >= 0.6 is 0 Å². The summed E-state index contributed by atoms with van der Waals surface area (Å²) in [5.74, 6) is -0.530. The zero-order valence-corrected chi connectivity index (χ0v) is 11.8. The first-order valence-corrected chi connectivity index (χ1v) is 6.98. The predicted octanol–water partition coefficient (Wildman–Crippen LogP) is 0.223. The summed E-state index contributed by atoms with van der Waals surface area (Å²) in [6.45, 7) is 1.28. The number of benzene rings is 1. The van der Waals surface area contributed by atoms with Crippen LogP contribution in [0.4, 0.5) is 0 Å². The number of nitrogens with one attached hydrogen (secondary N) is 2. The van der Waals surface area contributed by atoms with E-state index in [2.05, 4.69) is 33.4 Å². The first-order chi connectivity index (χ1) is 10.2. The molecule has 6 heteroatoms. The maximum absolute atomic E-state index is 11.5. The van der Waals surface area contributed by atoms with Crippen LogP contribution in [0.5, 0.6) is 0 Å². The molecule has 1 aromatic carbocycles. The summed E-state index contributed by atoms with van der Waals surface area (Å²) in [5.41, 5.74) is 6.33. The van der Waals surface area contributed by atoms with Gasteiger partial charge in [0.15, 0.2) is 0 Å². The van der Waals surface area contributed by atoms with Gasteiger partial charge in [0.05, 0.1) is 13.1 Å². The van der Waals surface area contributed by atoms with Gasteiger partial charge in [-0.25, -0.2) is 0 Å². The maximum atomic E-state index is 11.5. The van der Waals surface area contributed by atoms with Crippen molar-refractivity contribution in [1.29, 1.82) is 0 Å². The number of carbonyl (C=O) groups excluding carboxylic acids is 2. The number of nitrogens with two attached hydrogens (primary N) is 1. The van der Waals surface area contributed by atoms with Gasteiger partial charge in [0.1, 0.15) is 0 Å². The lowest BCUT2D eigenvalue weighted by molar-refractivity contribution is -0.125. The number of carbonyl (C=O) groups is 2. The largest absolute Gasteiger partial charge is 0.355 e. The van der Waals surface area contributed by atoms with E-state index in [-0.39, 0.29) is 24.9 Å². The molecule has 0 aliphatic rings. The van der Waals surface area contributed by atoms with Crippen LogP contribution in [0, 0.1) is 0 Å². The number of nitrogens with zero attached hydrogens (tertiary/aromatic N) is 1. The molecule has 4 N–H and O–H groups in total. The zero-order valence-electron chi connectivity index (χ0n) is 11.8. The Bertz CT molecular complexity index is 621. The lowest BCUT2D eigenvalue weighted by atomic mass is 10.2. The number of amides is 2. The van der Waals surface area contributed by atoms with E-state index in [9.17, 15) is 9.59 Å². The molecule has 0 unspecified atom stereocenters. The van der Waals surface area contributed by atoms with E-state index in [0.717, 1.165) is 13.0 Å². The molecule has 112 valence electrons. The van der Waals surface area contributed by atoms with Crippen LogP contribution in [0.25, 0.3) is 10.9 Å². The number of fused-ring (bicyclic) bond motifs is 1. The Labute approximate surface area is 123 Å². The maximum Gasteiger partial charge on any atom is 0.239 e. The van der Waals surface area contributed by atoms with E-state index in [1.807, 2.05) is 18.3 Å². The third kappa shape index (κ3) is 4.32. The molecule has 0 radical (unpaired) electrons. The number of para-hydroxylation sites is 1. The highest BCUT2D eigenvalue weighted by Gasteiger charge is 2.03. The van der Waals surface area contributed by atoms with E-state index in [0.29, 0.717) is 6.54 Å². The molecule has 6 nitrogen and oxygen atoms in total. The predicted molar refractivity (Wildman–Crippen MR) is 81.6 cm³/mol. The van der Waals surface area contributed by atoms with Gasteiger partial charge in [-0.1, -0.05) is 18.2 Å². The van der Waals surface area contributed by atoms with Crippen LogP contribution in [0.2, 0.25) is 0 Å². The summed E-state index contributed by atoms with van der Waals surface area (Å²) in [6, 6.07) is 10.3. The molecule has 0 bridgehead atoms. The van der Waals surface area contributed by atoms with Gasteiger partial charge in [0.2, 0.25) is 11.8 Å². The lowest BCUT2D eigenvalue weighted by Crippen LogP contribution is -2.39. The second-order valence-corrected chi connectivity index (χ2v) is 4.75. The molecule has 1 heterocycles. The molecule has 2 amide bonds. The van der Waals surface area contributed by atoms with Crippen LogP contribution < -0.4 is 16.4 Å². The topological polar surface area (TPSA) is 89.2 Å². The lowest BCUT2D eigenvalue weighted by Gasteiger charge is -2.08. The second-order valence-electron chi connectivity index (χ2n) is 4.75. The first-order valence-electron chi connectivity index (χ1n) is 6.98. The molecular formula is C15H20N4O2. The van der Waals surface area contributed by atoms with Crippen LogP contribution in [-0.2, 0) is 16.1 Å². The number of aryl methyl sites for hydroxylation is 1. The van der Waals surface area contributed by atoms with Crippen molar-refractivity contribution in [1.82, 2.24) is 15.2 Å². The van der Waals surface area contributed by atoms with Gasteiger partial charge in [0.25, 0.3) is 0 Å². The number of aromatic nitrogens is 1. The normalized spacial score (nSPS) is 10.5. The summed E-state index contributed by atoms with van der Waals surface area (Å²) in [4.78, 5) is 22.4. The van der Waals surface area contributed by atoms with Gasteiger partial charge >= 0.3 is 0 Å². The van der Waals surface area contributed by atoms with Gasteiger partial charge < -0.3 is 20.9 Å². The molecule has 0 spiro atoms. The third-order valence-corrected chi connectivity index (χ3v) is 3.21. The smallest absolute Gasteiger partial charge is 0.239 e. The zero-order chi connectivity index (χ0) is 15.1. The monoisotopic (exact) mass is 288 g/mol. The molecule has 0 atom stereocenters. The van der Waals surface area contributed by atoms with E-state index in [1.54, 1.807) is 0 Å². The van der Waals surface area contributed by atoms with Crippen molar-refractivity contribution in [2.45, 2.75) is 13.0 Å². The quantitative estimate of drug-likeness (QED) is 0.637. The van der Waals surface area contributed by atoms with Crippen molar-refractivity contribution in [2.24, 2.45) is 5.73 Å². The van der Waals surface area contributed by atoms with Crippen molar-refractivity contribution < 1.29 is 9.59 Å². The van der Waals surface area contributed by atoms with Crippen molar-refractivity contribution in [2.75, 3.05) is 19.6 Å². The second kappa shape index (κ2) is 7.44. The minimum atomic E-state index is -0.330. The Balaban J connectivity index is 1.70. The van der Waals surface area contributed by atoms with Gasteiger partial charge in [-0.05, 0) is 23.9 Å². The average Bonchev–Trinajstić information content (AvgIpc) is 2.92. The average molecular weight is 288 g/mol. The van der Waals surface area contributed by atoms with Gasteiger partial charge in [-0.15, -0.1) is 0 Å². The Morgan fingerprint density at radius 1 is 1.10 bits per heavy atom. The summed E-state index contributed by atoms with van der Waals surface area (Å²) in [5, 5.41) is 6.41. The molecule has 0 aliphatic heterocycles. The van der Waals surface area contributed by atoms with Crippen LogP contribution in [0.3, 0.4) is 0 Å². The van der Waals surface area contributed by atoms with E-state index in [1.165, 1.54) is 10.9 Å². The van der Waals surface area contributed by atoms with Crippen molar-refractivity contribution >= 4 is 22.7 Å². The van der Waals surface area contributed by atoms with Gasteiger partial charge in [0, 0.05) is 24.8 Å². The minimum absolute atomic E-state index is 0.0253. The standard InChI is InChI=1S/C15H20N4O2/c16-10-14(20)18-11-15(21)17-7-3-8-19-9-6-12-4-1-2-5-13(12)19/h1-2,4-6,9H,3,7-8,10-11,16H2,(H,17,21)(H,18,20). The Morgan fingerprint density at radius 3 is 2.71 bits per heavy atom. The molecule has 1 aromatic heterocycles. The van der Waals surface area contributed by atoms with Crippen LogP contribution in [-0.4, -0.2) is 36.0 Å². The molecule has 2 rings (SSSR count). The van der Waals surface area contributed by atoms with E-state index in [4.69, 9.17) is 5.73 Å². The summed E-state index contributed by atoms with van der Waals surface area (Å²) in [7, 11) is 0. The highest BCUT2D eigenvalue weighted by atomic mass is 16.2. The van der Waals surface area contributed by atoms with E-state index >= 15 is 0 Å². The number of hydrogen-bond donors (Lipinski definition) is 3.